The summed E-state index contributed by atoms with van der Waals surface area (Å²) in [5.74, 6) is 0. The van der Waals surface area contributed by atoms with Crippen LogP contribution in [0.5, 0.6) is 0 Å². The SMILES string of the molecule is C(=C\c1ccccc1)/CNCCNC/C=C/c1ccccc1. The Kier molecular flexibility index (Phi) is 7.78. The van der Waals surface area contributed by atoms with Crippen LogP contribution in [0.2, 0.25) is 0 Å². The topological polar surface area (TPSA) is 24.1 Å². The van der Waals surface area contributed by atoms with Crippen molar-refractivity contribution in [1.29, 1.82) is 0 Å². The number of hydrogen-bond donors (Lipinski definition) is 2. The molecule has 2 aromatic carbocycles. The van der Waals surface area contributed by atoms with Crippen LogP contribution in [0.1, 0.15) is 11.1 Å². The van der Waals surface area contributed by atoms with Crippen LogP contribution in [-0.2, 0) is 0 Å². The molecule has 2 rings (SSSR count). The fourth-order valence-electron chi connectivity index (χ4n) is 2.07. The van der Waals surface area contributed by atoms with Gasteiger partial charge in [-0.1, -0.05) is 85.0 Å². The highest BCUT2D eigenvalue weighted by atomic mass is 14.9. The molecule has 0 aliphatic rings. The Hall–Kier alpha value is -2.16. The fourth-order valence-corrected chi connectivity index (χ4v) is 2.07. The summed E-state index contributed by atoms with van der Waals surface area (Å²) in [4.78, 5) is 0. The summed E-state index contributed by atoms with van der Waals surface area (Å²) in [6.07, 6.45) is 8.60. The average Bonchev–Trinajstić information content (AvgIpc) is 2.58. The molecule has 22 heavy (non-hydrogen) atoms. The van der Waals surface area contributed by atoms with Gasteiger partial charge in [-0.2, -0.15) is 0 Å². The van der Waals surface area contributed by atoms with Gasteiger partial charge in [-0.25, -0.2) is 0 Å². The van der Waals surface area contributed by atoms with Gasteiger partial charge in [0.2, 0.25) is 0 Å². The Labute approximate surface area is 133 Å². The van der Waals surface area contributed by atoms with Gasteiger partial charge in [-0.15, -0.1) is 0 Å². The molecule has 0 bridgehead atoms. The van der Waals surface area contributed by atoms with Crippen LogP contribution in [0, 0.1) is 0 Å². The number of rotatable bonds is 9. The van der Waals surface area contributed by atoms with Gasteiger partial charge in [0.15, 0.2) is 0 Å². The molecule has 0 aliphatic carbocycles. The van der Waals surface area contributed by atoms with E-state index in [1.807, 2.05) is 12.1 Å². The maximum absolute atomic E-state index is 3.39. The summed E-state index contributed by atoms with van der Waals surface area (Å²) in [6.45, 7) is 3.74. The molecule has 114 valence electrons. The molecule has 0 radical (unpaired) electrons. The Bertz CT molecular complexity index is 505. The first-order valence-corrected chi connectivity index (χ1v) is 7.80. The quantitative estimate of drug-likeness (QED) is 0.690. The van der Waals surface area contributed by atoms with Crippen LogP contribution >= 0.6 is 0 Å². The third kappa shape index (κ3) is 7.02. The lowest BCUT2D eigenvalue weighted by atomic mass is 10.2. The monoisotopic (exact) mass is 292 g/mol. The number of hydrogen-bond acceptors (Lipinski definition) is 2. The third-order valence-electron chi connectivity index (χ3n) is 3.22. The van der Waals surface area contributed by atoms with Crippen LogP contribution in [0.4, 0.5) is 0 Å². The summed E-state index contributed by atoms with van der Waals surface area (Å²) in [6, 6.07) is 20.7. The second-order valence-corrected chi connectivity index (χ2v) is 5.03. The average molecular weight is 292 g/mol. The van der Waals surface area contributed by atoms with Crippen molar-refractivity contribution in [3.63, 3.8) is 0 Å². The molecule has 2 heteroatoms. The normalized spacial score (nSPS) is 11.5. The van der Waals surface area contributed by atoms with E-state index in [0.29, 0.717) is 0 Å². The van der Waals surface area contributed by atoms with Crippen molar-refractivity contribution in [3.05, 3.63) is 83.9 Å². The Morgan fingerprint density at radius 2 is 1.00 bits per heavy atom. The summed E-state index contributed by atoms with van der Waals surface area (Å²) < 4.78 is 0. The Morgan fingerprint density at radius 3 is 1.41 bits per heavy atom. The minimum atomic E-state index is 0.899. The lowest BCUT2D eigenvalue weighted by Gasteiger charge is -2.02. The fraction of sp³-hybridized carbons (Fsp3) is 0.200. The highest BCUT2D eigenvalue weighted by Crippen LogP contribution is 2.00. The molecular weight excluding hydrogens is 268 g/mol. The molecule has 2 N–H and O–H groups in total. The molecule has 0 aliphatic heterocycles. The van der Waals surface area contributed by atoms with Crippen molar-refractivity contribution >= 4 is 12.2 Å². The zero-order chi connectivity index (χ0) is 15.3. The molecule has 0 unspecified atom stereocenters. The van der Waals surface area contributed by atoms with Crippen molar-refractivity contribution < 1.29 is 0 Å². The van der Waals surface area contributed by atoms with Gasteiger partial charge in [-0.05, 0) is 11.1 Å². The highest BCUT2D eigenvalue weighted by Gasteiger charge is 1.86. The molecule has 2 nitrogen and oxygen atoms in total. The molecule has 0 spiro atoms. The molecule has 0 saturated heterocycles. The van der Waals surface area contributed by atoms with E-state index < -0.39 is 0 Å². The predicted molar refractivity (Wildman–Crippen MR) is 96.7 cm³/mol. The highest BCUT2D eigenvalue weighted by molar-refractivity contribution is 5.49. The summed E-state index contributed by atoms with van der Waals surface area (Å²) in [7, 11) is 0. The minimum absolute atomic E-state index is 0.899. The molecule has 0 heterocycles. The number of benzene rings is 2. The molecule has 0 atom stereocenters. The summed E-state index contributed by atoms with van der Waals surface area (Å²) >= 11 is 0. The van der Waals surface area contributed by atoms with E-state index in [1.165, 1.54) is 11.1 Å². The van der Waals surface area contributed by atoms with Crippen molar-refractivity contribution in [2.75, 3.05) is 26.2 Å². The van der Waals surface area contributed by atoms with Crippen molar-refractivity contribution in [2.45, 2.75) is 0 Å². The van der Waals surface area contributed by atoms with E-state index >= 15 is 0 Å². The maximum atomic E-state index is 3.39. The van der Waals surface area contributed by atoms with Crippen molar-refractivity contribution in [2.24, 2.45) is 0 Å². The van der Waals surface area contributed by atoms with E-state index in [2.05, 4.69) is 83.5 Å². The van der Waals surface area contributed by atoms with Crippen LogP contribution in [0.15, 0.2) is 72.8 Å². The zero-order valence-corrected chi connectivity index (χ0v) is 12.9. The van der Waals surface area contributed by atoms with Gasteiger partial charge in [0.1, 0.15) is 0 Å². The van der Waals surface area contributed by atoms with E-state index in [4.69, 9.17) is 0 Å². The minimum Gasteiger partial charge on any atom is -0.312 e. The zero-order valence-electron chi connectivity index (χ0n) is 12.9. The smallest absolute Gasteiger partial charge is 0.0138 e. The Balaban J connectivity index is 1.48. The van der Waals surface area contributed by atoms with Gasteiger partial charge in [0, 0.05) is 26.2 Å². The molecular formula is C20H24N2. The first-order chi connectivity index (χ1) is 10.9. The molecule has 0 fully saturated rings. The van der Waals surface area contributed by atoms with Crippen LogP contribution < -0.4 is 10.6 Å². The summed E-state index contributed by atoms with van der Waals surface area (Å²) in [5, 5.41) is 6.78. The van der Waals surface area contributed by atoms with Gasteiger partial charge in [0.25, 0.3) is 0 Å². The third-order valence-corrected chi connectivity index (χ3v) is 3.22. The van der Waals surface area contributed by atoms with Crippen LogP contribution in [0.3, 0.4) is 0 Å². The van der Waals surface area contributed by atoms with Gasteiger partial charge in [0.05, 0.1) is 0 Å². The molecule has 0 amide bonds. The first kappa shape index (κ1) is 16.2. The van der Waals surface area contributed by atoms with Crippen molar-refractivity contribution in [1.82, 2.24) is 10.6 Å². The van der Waals surface area contributed by atoms with Crippen LogP contribution in [0.25, 0.3) is 12.2 Å². The standard InChI is InChI=1S/C20H24N2/c1-3-9-19(10-4-1)13-7-15-21-17-18-22-16-8-14-20-11-5-2-6-12-20/h1-14,21-22H,15-18H2/b13-7+,14-8+. The second kappa shape index (κ2) is 10.6. The van der Waals surface area contributed by atoms with Gasteiger partial charge >= 0.3 is 0 Å². The van der Waals surface area contributed by atoms with Crippen LogP contribution in [-0.4, -0.2) is 26.2 Å². The molecule has 2 aromatic rings. The number of nitrogens with one attached hydrogen (secondary N) is 2. The second-order valence-electron chi connectivity index (χ2n) is 5.03. The van der Waals surface area contributed by atoms with E-state index in [0.717, 1.165) is 26.2 Å². The Morgan fingerprint density at radius 1 is 0.591 bits per heavy atom. The molecule has 0 saturated carbocycles. The predicted octanol–water partition coefficient (Wildman–Crippen LogP) is 3.59. The molecule has 0 aromatic heterocycles. The largest absolute Gasteiger partial charge is 0.312 e. The lowest BCUT2D eigenvalue weighted by Crippen LogP contribution is -2.27. The van der Waals surface area contributed by atoms with Crippen molar-refractivity contribution in [3.8, 4) is 0 Å². The summed E-state index contributed by atoms with van der Waals surface area (Å²) in [5.41, 5.74) is 2.49. The first-order valence-electron chi connectivity index (χ1n) is 7.80. The van der Waals surface area contributed by atoms with E-state index in [1.54, 1.807) is 0 Å². The maximum Gasteiger partial charge on any atom is 0.0138 e. The van der Waals surface area contributed by atoms with E-state index in [-0.39, 0.29) is 0 Å². The van der Waals surface area contributed by atoms with E-state index in [9.17, 15) is 0 Å². The van der Waals surface area contributed by atoms with Gasteiger partial charge in [-0.3, -0.25) is 0 Å². The lowest BCUT2D eigenvalue weighted by molar-refractivity contribution is 0.669. The van der Waals surface area contributed by atoms with Gasteiger partial charge < -0.3 is 10.6 Å².